The monoisotopic (exact) mass is 341 g/mol. The predicted molar refractivity (Wildman–Crippen MR) is 106 cm³/mol. The van der Waals surface area contributed by atoms with Crippen LogP contribution >= 0.6 is 0 Å². The predicted octanol–water partition coefficient (Wildman–Crippen LogP) is 4.57. The molecule has 3 saturated heterocycles. The number of rotatable bonds is 5. The zero-order chi connectivity index (χ0) is 17.1. The lowest BCUT2D eigenvalue weighted by Crippen LogP contribution is -2.40. The zero-order valence-electron chi connectivity index (χ0n) is 15.8. The molecule has 0 spiro atoms. The summed E-state index contributed by atoms with van der Waals surface area (Å²) in [6.07, 6.45) is 10.9. The topological polar surface area (TPSA) is 27.3 Å². The second-order valence-electron chi connectivity index (χ2n) is 8.37. The minimum absolute atomic E-state index is 0.594. The lowest BCUT2D eigenvalue weighted by Gasteiger charge is -2.34. The van der Waals surface area contributed by atoms with Crippen LogP contribution < -0.4 is 10.6 Å². The molecule has 1 aromatic carbocycles. The van der Waals surface area contributed by atoms with Crippen molar-refractivity contribution in [1.82, 2.24) is 10.2 Å². The van der Waals surface area contributed by atoms with E-state index in [2.05, 4.69) is 46.7 Å². The Bertz CT molecular complexity index is 535. The van der Waals surface area contributed by atoms with E-state index in [1.165, 1.54) is 82.3 Å². The molecule has 3 heteroatoms. The highest BCUT2D eigenvalue weighted by atomic mass is 15.2. The number of benzene rings is 1. The molecule has 3 nitrogen and oxygen atoms in total. The standard InChI is InChI=1S/C22H35N3/c1-2-21(18-6-5-14-23-16-18)24-19-10-8-17(9-11-19)22-13-12-20-7-3-4-15-25(20)22/h8-11,18,20-24H,2-7,12-16H2,1H3. The van der Waals surface area contributed by atoms with Crippen molar-refractivity contribution in [3.05, 3.63) is 29.8 Å². The first-order chi connectivity index (χ1) is 12.3. The van der Waals surface area contributed by atoms with Crippen LogP contribution in [0.5, 0.6) is 0 Å². The number of hydrogen-bond acceptors (Lipinski definition) is 3. The van der Waals surface area contributed by atoms with E-state index in [4.69, 9.17) is 0 Å². The van der Waals surface area contributed by atoms with Gasteiger partial charge in [-0.15, -0.1) is 0 Å². The number of hydrogen-bond donors (Lipinski definition) is 2. The summed E-state index contributed by atoms with van der Waals surface area (Å²) in [5, 5.41) is 7.38. The van der Waals surface area contributed by atoms with E-state index in [9.17, 15) is 0 Å². The Morgan fingerprint density at radius 1 is 1.08 bits per heavy atom. The van der Waals surface area contributed by atoms with E-state index in [1.54, 1.807) is 0 Å². The maximum absolute atomic E-state index is 3.82. The molecule has 2 N–H and O–H groups in total. The van der Waals surface area contributed by atoms with Crippen LogP contribution in [0, 0.1) is 5.92 Å². The van der Waals surface area contributed by atoms with Crippen molar-refractivity contribution >= 4 is 5.69 Å². The van der Waals surface area contributed by atoms with Crippen LogP contribution in [0.1, 0.15) is 69.9 Å². The van der Waals surface area contributed by atoms with Gasteiger partial charge in [0.15, 0.2) is 0 Å². The first-order valence-electron chi connectivity index (χ1n) is 10.7. The number of anilines is 1. The SMILES string of the molecule is CCC(Nc1ccc(C2CCC3CCCCN32)cc1)C1CCCNC1. The minimum Gasteiger partial charge on any atom is -0.382 e. The molecule has 4 unspecified atom stereocenters. The lowest BCUT2D eigenvalue weighted by molar-refractivity contribution is 0.150. The Morgan fingerprint density at radius 2 is 1.96 bits per heavy atom. The third-order valence-corrected chi connectivity index (χ3v) is 6.84. The second kappa shape index (κ2) is 8.09. The molecule has 0 aromatic heterocycles. The quantitative estimate of drug-likeness (QED) is 0.822. The van der Waals surface area contributed by atoms with Crippen LogP contribution in [0.3, 0.4) is 0 Å². The molecule has 0 saturated carbocycles. The highest BCUT2D eigenvalue weighted by Crippen LogP contribution is 2.40. The second-order valence-corrected chi connectivity index (χ2v) is 8.37. The number of nitrogens with one attached hydrogen (secondary N) is 2. The molecule has 3 aliphatic heterocycles. The van der Waals surface area contributed by atoms with Crippen molar-refractivity contribution in [3.8, 4) is 0 Å². The summed E-state index contributed by atoms with van der Waals surface area (Å²) in [6, 6.07) is 11.5. The lowest BCUT2D eigenvalue weighted by atomic mass is 9.90. The molecule has 0 amide bonds. The Morgan fingerprint density at radius 3 is 2.72 bits per heavy atom. The third kappa shape index (κ3) is 3.88. The maximum Gasteiger partial charge on any atom is 0.0351 e. The average Bonchev–Trinajstić information content (AvgIpc) is 3.11. The molecule has 25 heavy (non-hydrogen) atoms. The summed E-state index contributed by atoms with van der Waals surface area (Å²) in [7, 11) is 0. The van der Waals surface area contributed by atoms with Crippen LogP contribution in [-0.4, -0.2) is 36.6 Å². The Kier molecular flexibility index (Phi) is 5.62. The summed E-state index contributed by atoms with van der Waals surface area (Å²) >= 11 is 0. The first-order valence-corrected chi connectivity index (χ1v) is 10.7. The summed E-state index contributed by atoms with van der Waals surface area (Å²) in [5.74, 6) is 0.766. The van der Waals surface area contributed by atoms with Crippen molar-refractivity contribution in [3.63, 3.8) is 0 Å². The van der Waals surface area contributed by atoms with Crippen LogP contribution in [0.25, 0.3) is 0 Å². The van der Waals surface area contributed by atoms with E-state index in [0.29, 0.717) is 12.1 Å². The number of fused-ring (bicyclic) bond motifs is 1. The smallest absolute Gasteiger partial charge is 0.0351 e. The largest absolute Gasteiger partial charge is 0.382 e. The van der Waals surface area contributed by atoms with Crippen LogP contribution in [0.4, 0.5) is 5.69 Å². The van der Waals surface area contributed by atoms with Crippen molar-refractivity contribution in [2.45, 2.75) is 76.4 Å². The average molecular weight is 342 g/mol. The van der Waals surface area contributed by atoms with Crippen molar-refractivity contribution in [1.29, 1.82) is 0 Å². The van der Waals surface area contributed by atoms with Gasteiger partial charge in [0, 0.05) is 23.8 Å². The van der Waals surface area contributed by atoms with E-state index >= 15 is 0 Å². The van der Waals surface area contributed by atoms with Gasteiger partial charge in [0.2, 0.25) is 0 Å². The van der Waals surface area contributed by atoms with Crippen molar-refractivity contribution < 1.29 is 0 Å². The van der Waals surface area contributed by atoms with Gasteiger partial charge in [0.05, 0.1) is 0 Å². The van der Waals surface area contributed by atoms with E-state index in [-0.39, 0.29) is 0 Å². The summed E-state index contributed by atoms with van der Waals surface area (Å²) in [6.45, 7) is 5.99. The summed E-state index contributed by atoms with van der Waals surface area (Å²) in [5.41, 5.74) is 2.83. The normalized spacial score (nSPS) is 31.5. The fraction of sp³-hybridized carbons (Fsp3) is 0.727. The Labute approximate surface area is 153 Å². The van der Waals surface area contributed by atoms with Gasteiger partial charge >= 0.3 is 0 Å². The molecular formula is C22H35N3. The summed E-state index contributed by atoms with van der Waals surface area (Å²) in [4.78, 5) is 2.79. The van der Waals surface area contributed by atoms with Gasteiger partial charge in [0.1, 0.15) is 0 Å². The molecule has 3 aliphatic rings. The number of nitrogens with zero attached hydrogens (tertiary/aromatic N) is 1. The molecule has 0 aliphatic carbocycles. The van der Waals surface area contributed by atoms with Crippen LogP contribution in [0.2, 0.25) is 0 Å². The highest BCUT2D eigenvalue weighted by molar-refractivity contribution is 5.46. The molecule has 138 valence electrons. The van der Waals surface area contributed by atoms with E-state index < -0.39 is 0 Å². The fourth-order valence-corrected chi connectivity index (χ4v) is 5.41. The molecule has 3 fully saturated rings. The zero-order valence-corrected chi connectivity index (χ0v) is 15.8. The van der Waals surface area contributed by atoms with Crippen molar-refractivity contribution in [2.24, 2.45) is 5.92 Å². The maximum atomic E-state index is 3.82. The molecular weight excluding hydrogens is 306 g/mol. The van der Waals surface area contributed by atoms with Crippen LogP contribution in [-0.2, 0) is 0 Å². The van der Waals surface area contributed by atoms with Crippen molar-refractivity contribution in [2.75, 3.05) is 25.0 Å². The van der Waals surface area contributed by atoms with Gasteiger partial charge in [-0.3, -0.25) is 4.90 Å². The third-order valence-electron chi connectivity index (χ3n) is 6.84. The Hall–Kier alpha value is -1.06. The van der Waals surface area contributed by atoms with Gasteiger partial charge in [-0.05, 0) is 88.2 Å². The van der Waals surface area contributed by atoms with Gasteiger partial charge < -0.3 is 10.6 Å². The first kappa shape index (κ1) is 17.4. The minimum atomic E-state index is 0.594. The summed E-state index contributed by atoms with van der Waals surface area (Å²) < 4.78 is 0. The van der Waals surface area contributed by atoms with E-state index in [1.807, 2.05) is 0 Å². The van der Waals surface area contributed by atoms with Gasteiger partial charge in [-0.2, -0.15) is 0 Å². The van der Waals surface area contributed by atoms with Gasteiger partial charge in [-0.25, -0.2) is 0 Å². The van der Waals surface area contributed by atoms with E-state index in [0.717, 1.165) is 12.0 Å². The van der Waals surface area contributed by atoms with Gasteiger partial charge in [0.25, 0.3) is 0 Å². The Balaban J connectivity index is 1.39. The molecule has 0 bridgehead atoms. The fourth-order valence-electron chi connectivity index (χ4n) is 5.41. The highest BCUT2D eigenvalue weighted by Gasteiger charge is 2.35. The number of piperidine rings is 2. The molecule has 3 heterocycles. The molecule has 1 aromatic rings. The molecule has 4 rings (SSSR count). The molecule has 0 radical (unpaired) electrons. The van der Waals surface area contributed by atoms with Crippen LogP contribution in [0.15, 0.2) is 24.3 Å². The van der Waals surface area contributed by atoms with Gasteiger partial charge in [-0.1, -0.05) is 25.5 Å². The molecule has 4 atom stereocenters.